The smallest absolute Gasteiger partial charge is 0.341 e. The van der Waals surface area contributed by atoms with E-state index in [9.17, 15) is 22.8 Å². The first kappa shape index (κ1) is 20.7. The molecule has 4 rings (SSSR count). The van der Waals surface area contributed by atoms with Crippen LogP contribution in [0.25, 0.3) is 6.08 Å². The number of hydrogen-bond acceptors (Lipinski definition) is 2. The number of aromatic nitrogens is 1. The van der Waals surface area contributed by atoms with Crippen molar-refractivity contribution in [2.24, 2.45) is 5.92 Å². The van der Waals surface area contributed by atoms with Gasteiger partial charge in [0.15, 0.2) is 0 Å². The number of alkyl halides is 3. The lowest BCUT2D eigenvalue weighted by molar-refractivity contribution is -0.137. The Bertz CT molecular complexity index is 1070. The number of carbonyl (C=O) groups excluding carboxylic acids is 1. The molecule has 30 heavy (non-hydrogen) atoms. The van der Waals surface area contributed by atoms with E-state index in [2.05, 4.69) is 0 Å². The molecule has 2 heterocycles. The Kier molecular flexibility index (Phi) is 5.49. The highest BCUT2D eigenvalue weighted by Crippen LogP contribution is 2.37. The fourth-order valence-corrected chi connectivity index (χ4v) is 4.35. The van der Waals surface area contributed by atoms with Crippen LogP contribution in [0, 0.1) is 5.92 Å². The highest BCUT2D eigenvalue weighted by molar-refractivity contribution is 6.30. The Morgan fingerprint density at radius 3 is 2.57 bits per heavy atom. The summed E-state index contributed by atoms with van der Waals surface area (Å²) in [6.45, 7) is 1.05. The van der Waals surface area contributed by atoms with E-state index in [-0.39, 0.29) is 23.9 Å². The van der Waals surface area contributed by atoms with Crippen LogP contribution in [-0.4, -0.2) is 28.5 Å². The number of halogens is 4. The van der Waals surface area contributed by atoms with E-state index in [0.29, 0.717) is 30.1 Å². The summed E-state index contributed by atoms with van der Waals surface area (Å²) in [5, 5.41) is 0.391. The van der Waals surface area contributed by atoms with Crippen LogP contribution in [0.1, 0.15) is 29.5 Å². The molecule has 0 spiro atoms. The molecule has 8 heteroatoms. The second-order valence-corrected chi connectivity index (χ2v) is 8.21. The molecular weight excluding hydrogens is 417 g/mol. The molecule has 2 aromatic rings. The largest absolute Gasteiger partial charge is 0.416 e. The molecule has 1 saturated heterocycles. The van der Waals surface area contributed by atoms with Crippen molar-refractivity contribution in [1.82, 2.24) is 9.47 Å². The Hall–Kier alpha value is -2.54. The molecule has 0 radical (unpaired) electrons. The first-order valence-electron chi connectivity index (χ1n) is 9.75. The van der Waals surface area contributed by atoms with Crippen LogP contribution in [0.3, 0.4) is 0 Å². The molecule has 1 aromatic carbocycles. The minimum atomic E-state index is -4.34. The van der Waals surface area contributed by atoms with Gasteiger partial charge in [-0.3, -0.25) is 9.59 Å². The van der Waals surface area contributed by atoms with Crippen molar-refractivity contribution < 1.29 is 18.0 Å². The van der Waals surface area contributed by atoms with Crippen molar-refractivity contribution in [3.63, 3.8) is 0 Å². The molecule has 1 fully saturated rings. The van der Waals surface area contributed by atoms with Gasteiger partial charge < -0.3 is 9.47 Å². The normalized spacial score (nSPS) is 17.1. The molecular formula is C22H20ClF3N2O2. The average molecular weight is 437 g/mol. The quantitative estimate of drug-likeness (QED) is 0.715. The topological polar surface area (TPSA) is 42.3 Å². The third-order valence-electron chi connectivity index (χ3n) is 5.83. The molecule has 1 aliphatic heterocycles. The highest BCUT2D eigenvalue weighted by atomic mass is 35.5. The number of piperidine rings is 1. The van der Waals surface area contributed by atoms with Gasteiger partial charge in [-0.2, -0.15) is 13.2 Å². The molecule has 2 aliphatic rings. The van der Waals surface area contributed by atoms with E-state index in [1.807, 2.05) is 6.08 Å². The van der Waals surface area contributed by atoms with Crippen molar-refractivity contribution in [2.75, 3.05) is 13.1 Å². The van der Waals surface area contributed by atoms with Crippen LogP contribution in [0.5, 0.6) is 0 Å². The van der Waals surface area contributed by atoms with Crippen LogP contribution >= 0.6 is 11.6 Å². The fourth-order valence-electron chi connectivity index (χ4n) is 4.17. The molecule has 0 atom stereocenters. The monoisotopic (exact) mass is 436 g/mol. The van der Waals surface area contributed by atoms with Gasteiger partial charge in [-0.05, 0) is 54.5 Å². The number of amides is 1. The number of likely N-dealkylation sites (tertiary alicyclic amines) is 1. The van der Waals surface area contributed by atoms with E-state index < -0.39 is 11.7 Å². The van der Waals surface area contributed by atoms with E-state index >= 15 is 0 Å². The molecule has 1 amide bonds. The predicted octanol–water partition coefficient (Wildman–Crippen LogP) is 4.40. The van der Waals surface area contributed by atoms with Gasteiger partial charge in [-0.1, -0.05) is 29.3 Å². The van der Waals surface area contributed by atoms with Crippen molar-refractivity contribution >= 4 is 23.6 Å². The zero-order valence-corrected chi connectivity index (χ0v) is 16.8. The third-order valence-corrected chi connectivity index (χ3v) is 6.06. The van der Waals surface area contributed by atoms with Gasteiger partial charge in [0, 0.05) is 25.4 Å². The van der Waals surface area contributed by atoms with Crippen molar-refractivity contribution in [3.05, 3.63) is 74.2 Å². The first-order valence-corrected chi connectivity index (χ1v) is 10.1. The molecule has 158 valence electrons. The SMILES string of the molecule is O=C(Cn1cc(Cl)ccc1=O)N1CCC(C2=Cc3cc(C(F)(F)F)ccc3C2)CC1. The summed E-state index contributed by atoms with van der Waals surface area (Å²) in [7, 11) is 0. The number of nitrogens with zero attached hydrogens (tertiary/aromatic N) is 2. The molecule has 0 bridgehead atoms. The Morgan fingerprint density at radius 1 is 1.13 bits per heavy atom. The number of allylic oxidation sites excluding steroid dienone is 1. The Labute approximate surface area is 176 Å². The summed E-state index contributed by atoms with van der Waals surface area (Å²) in [4.78, 5) is 26.2. The van der Waals surface area contributed by atoms with Crippen LogP contribution in [-0.2, 0) is 23.9 Å². The van der Waals surface area contributed by atoms with Gasteiger partial charge in [-0.15, -0.1) is 0 Å². The lowest BCUT2D eigenvalue weighted by atomic mass is 9.88. The van der Waals surface area contributed by atoms with Gasteiger partial charge in [0.1, 0.15) is 6.54 Å². The zero-order chi connectivity index (χ0) is 21.5. The van der Waals surface area contributed by atoms with Crippen molar-refractivity contribution in [3.8, 4) is 0 Å². The average Bonchev–Trinajstić information content (AvgIpc) is 3.13. The van der Waals surface area contributed by atoms with Crippen LogP contribution in [0.15, 0.2) is 46.9 Å². The number of hydrogen-bond donors (Lipinski definition) is 0. The van der Waals surface area contributed by atoms with E-state index in [1.54, 1.807) is 11.0 Å². The van der Waals surface area contributed by atoms with Crippen molar-refractivity contribution in [1.29, 1.82) is 0 Å². The van der Waals surface area contributed by atoms with Gasteiger partial charge in [0.25, 0.3) is 5.56 Å². The molecule has 0 saturated carbocycles. The van der Waals surface area contributed by atoms with Crippen LogP contribution < -0.4 is 5.56 Å². The second kappa shape index (κ2) is 7.95. The minimum Gasteiger partial charge on any atom is -0.341 e. The van der Waals surface area contributed by atoms with Gasteiger partial charge in [0.2, 0.25) is 5.91 Å². The third kappa shape index (κ3) is 4.31. The van der Waals surface area contributed by atoms with Crippen LogP contribution in [0.2, 0.25) is 5.02 Å². The summed E-state index contributed by atoms with van der Waals surface area (Å²) < 4.78 is 40.1. The molecule has 1 aromatic heterocycles. The molecule has 1 aliphatic carbocycles. The van der Waals surface area contributed by atoms with Gasteiger partial charge in [-0.25, -0.2) is 0 Å². The maximum absolute atomic E-state index is 12.9. The Balaban J connectivity index is 1.38. The fraction of sp³-hybridized carbons (Fsp3) is 0.364. The maximum atomic E-state index is 12.9. The number of benzene rings is 1. The van der Waals surface area contributed by atoms with Gasteiger partial charge >= 0.3 is 6.18 Å². The number of fused-ring (bicyclic) bond motifs is 1. The summed E-state index contributed by atoms with van der Waals surface area (Å²) in [6, 6.07) is 6.72. The number of pyridine rings is 1. The summed E-state index contributed by atoms with van der Waals surface area (Å²) in [5.74, 6) is 0.0982. The number of carbonyl (C=O) groups is 1. The summed E-state index contributed by atoms with van der Waals surface area (Å²) in [6.07, 6.45) is 1.14. The Morgan fingerprint density at radius 2 is 1.87 bits per heavy atom. The van der Waals surface area contributed by atoms with E-state index in [1.165, 1.54) is 29.0 Å². The highest BCUT2D eigenvalue weighted by Gasteiger charge is 2.32. The molecule has 0 N–H and O–H groups in total. The lowest BCUT2D eigenvalue weighted by Crippen LogP contribution is -2.41. The maximum Gasteiger partial charge on any atom is 0.416 e. The molecule has 4 nitrogen and oxygen atoms in total. The number of rotatable bonds is 3. The van der Waals surface area contributed by atoms with Gasteiger partial charge in [0.05, 0.1) is 10.6 Å². The van der Waals surface area contributed by atoms with E-state index in [0.717, 1.165) is 30.0 Å². The summed E-state index contributed by atoms with van der Waals surface area (Å²) >= 11 is 5.90. The molecule has 0 unspecified atom stereocenters. The van der Waals surface area contributed by atoms with Crippen molar-refractivity contribution in [2.45, 2.75) is 32.0 Å². The standard InChI is InChI=1S/C22H20ClF3N2O2/c23-19-3-4-20(29)28(12-19)13-21(30)27-7-5-14(6-8-27)16-9-15-1-2-18(22(24,25)26)11-17(15)10-16/h1-4,10-12,14H,5-9,13H2. The van der Waals surface area contributed by atoms with E-state index in [4.69, 9.17) is 11.6 Å². The first-order chi connectivity index (χ1) is 14.2. The lowest BCUT2D eigenvalue weighted by Gasteiger charge is -2.33. The predicted molar refractivity (Wildman–Crippen MR) is 108 cm³/mol. The minimum absolute atomic E-state index is 0.0571. The summed E-state index contributed by atoms with van der Waals surface area (Å²) in [5.41, 5.74) is 1.77. The van der Waals surface area contributed by atoms with Crippen LogP contribution in [0.4, 0.5) is 13.2 Å². The zero-order valence-electron chi connectivity index (χ0n) is 16.1. The second-order valence-electron chi connectivity index (χ2n) is 7.78.